The van der Waals surface area contributed by atoms with Gasteiger partial charge in [0, 0.05) is 33.0 Å². The number of benzene rings is 2. The van der Waals surface area contributed by atoms with Gasteiger partial charge in [0.2, 0.25) is 0 Å². The molecule has 0 fully saturated rings. The van der Waals surface area contributed by atoms with Gasteiger partial charge >= 0.3 is 11.9 Å². The van der Waals surface area contributed by atoms with Crippen LogP contribution in [0.4, 0.5) is 0 Å². The van der Waals surface area contributed by atoms with Crippen molar-refractivity contribution in [1.82, 2.24) is 9.97 Å². The molecule has 8 heteroatoms. The van der Waals surface area contributed by atoms with E-state index in [9.17, 15) is 9.59 Å². The van der Waals surface area contributed by atoms with E-state index in [1.165, 1.54) is 35.8 Å². The molecule has 0 amide bonds. The van der Waals surface area contributed by atoms with Crippen molar-refractivity contribution in [3.05, 3.63) is 72.1 Å². The average Bonchev–Trinajstić information content (AvgIpc) is 2.80. The first-order valence-electron chi connectivity index (χ1n) is 8.90. The predicted molar refractivity (Wildman–Crippen MR) is 118 cm³/mol. The van der Waals surface area contributed by atoms with Gasteiger partial charge in [0.25, 0.3) is 0 Å². The van der Waals surface area contributed by atoms with Crippen LogP contribution in [0, 0.1) is 0 Å². The number of hydrogen-bond donors (Lipinski definition) is 0. The summed E-state index contributed by atoms with van der Waals surface area (Å²) in [5.74, 6) is -0.795. The van der Waals surface area contributed by atoms with Crippen molar-refractivity contribution in [2.75, 3.05) is 14.2 Å². The SMILES string of the molecule is COC(=O)c1ccnc2c(SSc3cccc4c(C(=O)OC)ccnc34)cccc12. The summed E-state index contributed by atoms with van der Waals surface area (Å²) in [6, 6.07) is 14.7. The molecule has 0 saturated heterocycles. The first kappa shape index (κ1) is 20.2. The van der Waals surface area contributed by atoms with Crippen LogP contribution < -0.4 is 0 Å². The molecule has 4 aromatic rings. The van der Waals surface area contributed by atoms with Crippen LogP contribution in [0.3, 0.4) is 0 Å². The zero-order valence-electron chi connectivity index (χ0n) is 16.1. The Bertz CT molecular complexity index is 1180. The van der Waals surface area contributed by atoms with Crippen molar-refractivity contribution in [2.45, 2.75) is 9.79 Å². The van der Waals surface area contributed by atoms with Crippen LogP contribution in [0.15, 0.2) is 70.7 Å². The molecule has 2 aromatic heterocycles. The van der Waals surface area contributed by atoms with Gasteiger partial charge in [-0.1, -0.05) is 45.9 Å². The maximum absolute atomic E-state index is 12.1. The fraction of sp³-hybridized carbons (Fsp3) is 0.0909. The standard InChI is InChI=1S/C22H16N2O4S2/c1-27-21(25)15-9-11-23-19-13(15)5-3-7-17(19)29-30-18-8-4-6-14-16(22(26)28-2)10-12-24-20(14)18/h3-12H,1-2H3. The Morgan fingerprint density at radius 2 is 1.13 bits per heavy atom. The van der Waals surface area contributed by atoms with E-state index >= 15 is 0 Å². The summed E-state index contributed by atoms with van der Waals surface area (Å²) in [5.41, 5.74) is 2.40. The van der Waals surface area contributed by atoms with Crippen LogP contribution in [-0.4, -0.2) is 36.1 Å². The highest BCUT2D eigenvalue weighted by molar-refractivity contribution is 8.76. The smallest absolute Gasteiger partial charge is 0.338 e. The highest BCUT2D eigenvalue weighted by Crippen LogP contribution is 2.42. The Kier molecular flexibility index (Phi) is 5.87. The molecule has 0 bridgehead atoms. The van der Waals surface area contributed by atoms with E-state index in [-0.39, 0.29) is 0 Å². The van der Waals surface area contributed by atoms with Gasteiger partial charge in [-0.3, -0.25) is 9.97 Å². The Hall–Kier alpha value is -3.10. The number of pyridine rings is 2. The zero-order valence-corrected chi connectivity index (χ0v) is 17.8. The van der Waals surface area contributed by atoms with E-state index in [4.69, 9.17) is 9.47 Å². The number of ether oxygens (including phenoxy) is 2. The number of carbonyl (C=O) groups excluding carboxylic acids is 2. The largest absolute Gasteiger partial charge is 0.465 e. The topological polar surface area (TPSA) is 78.4 Å². The van der Waals surface area contributed by atoms with Gasteiger partial charge in [0.05, 0.1) is 36.4 Å². The predicted octanol–water partition coefficient (Wildman–Crippen LogP) is 5.16. The minimum atomic E-state index is -0.397. The Morgan fingerprint density at radius 1 is 0.700 bits per heavy atom. The number of methoxy groups -OCH3 is 2. The zero-order chi connectivity index (χ0) is 21.1. The van der Waals surface area contributed by atoms with Crippen molar-refractivity contribution < 1.29 is 19.1 Å². The highest BCUT2D eigenvalue weighted by atomic mass is 33.1. The fourth-order valence-corrected chi connectivity index (χ4v) is 5.37. The first-order valence-corrected chi connectivity index (χ1v) is 11.1. The van der Waals surface area contributed by atoms with Crippen molar-refractivity contribution in [3.63, 3.8) is 0 Å². The molecule has 0 aliphatic carbocycles. The van der Waals surface area contributed by atoms with Gasteiger partial charge in [-0.2, -0.15) is 0 Å². The van der Waals surface area contributed by atoms with Gasteiger partial charge in [0.15, 0.2) is 0 Å². The van der Waals surface area contributed by atoms with E-state index in [1.54, 1.807) is 24.5 Å². The second kappa shape index (κ2) is 8.73. The molecule has 0 radical (unpaired) electrons. The molecule has 0 atom stereocenters. The lowest BCUT2D eigenvalue weighted by Crippen LogP contribution is -2.02. The summed E-state index contributed by atoms with van der Waals surface area (Å²) in [7, 11) is 5.74. The van der Waals surface area contributed by atoms with Gasteiger partial charge < -0.3 is 9.47 Å². The third kappa shape index (κ3) is 3.71. The molecule has 0 N–H and O–H groups in total. The fourth-order valence-electron chi connectivity index (χ4n) is 3.10. The van der Waals surface area contributed by atoms with Crippen molar-refractivity contribution in [1.29, 1.82) is 0 Å². The summed E-state index contributed by atoms with van der Waals surface area (Å²) in [6.45, 7) is 0. The number of carbonyl (C=O) groups is 2. The lowest BCUT2D eigenvalue weighted by Gasteiger charge is -2.10. The third-order valence-electron chi connectivity index (χ3n) is 4.50. The minimum Gasteiger partial charge on any atom is -0.465 e. The lowest BCUT2D eigenvalue weighted by atomic mass is 10.1. The van der Waals surface area contributed by atoms with Gasteiger partial charge in [0.1, 0.15) is 0 Å². The maximum Gasteiger partial charge on any atom is 0.338 e. The molecule has 2 aromatic carbocycles. The molecule has 0 aliphatic heterocycles. The van der Waals surface area contributed by atoms with Crippen LogP contribution in [0.1, 0.15) is 20.7 Å². The number of aromatic nitrogens is 2. The summed E-state index contributed by atoms with van der Waals surface area (Å²) < 4.78 is 9.75. The first-order chi connectivity index (χ1) is 14.6. The second-order valence-corrected chi connectivity index (χ2v) is 8.38. The molecule has 2 heterocycles. The molecule has 6 nitrogen and oxygen atoms in total. The van der Waals surface area contributed by atoms with E-state index in [0.29, 0.717) is 11.1 Å². The normalized spacial score (nSPS) is 10.9. The lowest BCUT2D eigenvalue weighted by molar-refractivity contribution is 0.0594. The van der Waals surface area contributed by atoms with Crippen molar-refractivity contribution >= 4 is 55.3 Å². The molecular weight excluding hydrogens is 420 g/mol. The Morgan fingerprint density at radius 3 is 1.53 bits per heavy atom. The summed E-state index contributed by atoms with van der Waals surface area (Å²) >= 11 is 0. The van der Waals surface area contributed by atoms with Gasteiger partial charge in [-0.15, -0.1) is 0 Å². The number of para-hydroxylation sites is 2. The minimum absolute atomic E-state index is 0.397. The number of nitrogens with zero attached hydrogens (tertiary/aromatic N) is 2. The number of esters is 2. The van der Waals surface area contributed by atoms with Crippen LogP contribution in [0.2, 0.25) is 0 Å². The van der Waals surface area contributed by atoms with E-state index < -0.39 is 11.9 Å². The average molecular weight is 437 g/mol. The number of hydrogen-bond acceptors (Lipinski definition) is 8. The maximum atomic E-state index is 12.1. The third-order valence-corrected chi connectivity index (χ3v) is 6.93. The van der Waals surface area contributed by atoms with Crippen molar-refractivity contribution in [3.8, 4) is 0 Å². The van der Waals surface area contributed by atoms with Gasteiger partial charge in [-0.25, -0.2) is 9.59 Å². The van der Waals surface area contributed by atoms with Gasteiger partial charge in [-0.05, 0) is 24.3 Å². The molecule has 0 saturated carbocycles. The second-order valence-electron chi connectivity index (χ2n) is 6.17. The quantitative estimate of drug-likeness (QED) is 0.314. The van der Waals surface area contributed by atoms with E-state index in [2.05, 4.69) is 9.97 Å². The van der Waals surface area contributed by atoms with E-state index in [0.717, 1.165) is 31.6 Å². The Balaban J connectivity index is 1.71. The molecule has 150 valence electrons. The molecule has 0 unspecified atom stereocenters. The van der Waals surface area contributed by atoms with Crippen LogP contribution in [0.5, 0.6) is 0 Å². The van der Waals surface area contributed by atoms with E-state index in [1.807, 2.05) is 36.4 Å². The molecular formula is C22H16N2O4S2. The molecule has 4 rings (SSSR count). The summed E-state index contributed by atoms with van der Waals surface area (Å²) in [6.07, 6.45) is 3.21. The summed E-state index contributed by atoms with van der Waals surface area (Å²) in [4.78, 5) is 34.9. The van der Waals surface area contributed by atoms with Crippen LogP contribution in [0.25, 0.3) is 21.8 Å². The molecule has 0 aliphatic rings. The molecule has 30 heavy (non-hydrogen) atoms. The monoisotopic (exact) mass is 436 g/mol. The summed E-state index contributed by atoms with van der Waals surface area (Å²) in [5, 5.41) is 1.47. The molecule has 0 spiro atoms. The number of fused-ring (bicyclic) bond motifs is 2. The van der Waals surface area contributed by atoms with Crippen LogP contribution in [-0.2, 0) is 9.47 Å². The van der Waals surface area contributed by atoms with Crippen molar-refractivity contribution in [2.24, 2.45) is 0 Å². The highest BCUT2D eigenvalue weighted by Gasteiger charge is 2.15. The Labute approximate surface area is 180 Å². The van der Waals surface area contributed by atoms with Crippen LogP contribution >= 0.6 is 21.6 Å². The number of rotatable bonds is 5.